The Balaban J connectivity index is 2.25. The van der Waals surface area contributed by atoms with Gasteiger partial charge in [0, 0.05) is 29.5 Å². The fraction of sp³-hybridized carbons (Fsp3) is 0.625. The molecule has 0 saturated heterocycles. The highest BCUT2D eigenvalue weighted by Crippen LogP contribution is 2.52. The van der Waals surface area contributed by atoms with E-state index < -0.39 is 0 Å². The van der Waals surface area contributed by atoms with Gasteiger partial charge < -0.3 is 19.9 Å². The predicted octanol–water partition coefficient (Wildman–Crippen LogP) is 2.40. The fourth-order valence-corrected chi connectivity index (χ4v) is 3.36. The molecule has 0 aromatic heterocycles. The Kier molecular flexibility index (Phi) is 3.28. The van der Waals surface area contributed by atoms with Gasteiger partial charge in [0.2, 0.25) is 0 Å². The second kappa shape index (κ2) is 4.85. The minimum absolute atomic E-state index is 0.183. The molecule has 4 heteroatoms. The molecule has 0 radical (unpaired) electrons. The van der Waals surface area contributed by atoms with Crippen LogP contribution in [0.15, 0.2) is 0 Å². The van der Waals surface area contributed by atoms with E-state index >= 15 is 0 Å². The Hall–Kier alpha value is -1.42. The molecule has 0 saturated carbocycles. The molecule has 3 rings (SSSR count). The molecule has 110 valence electrons. The van der Waals surface area contributed by atoms with Gasteiger partial charge in [-0.2, -0.15) is 0 Å². The average molecular weight is 277 g/mol. The molecule has 20 heavy (non-hydrogen) atoms. The van der Waals surface area contributed by atoms with Gasteiger partial charge in [-0.3, -0.25) is 0 Å². The number of fused-ring (bicyclic) bond motifs is 2. The SMILES string of the molecule is COc1c2c(c(C(C)CN)c3c1OC(C)C3)OC(C)C2. The zero-order valence-electron chi connectivity index (χ0n) is 12.7. The number of rotatable bonds is 3. The van der Waals surface area contributed by atoms with Crippen LogP contribution in [0.25, 0.3) is 0 Å². The first kappa shape index (κ1) is 13.6. The highest BCUT2D eigenvalue weighted by Gasteiger charge is 2.37. The summed E-state index contributed by atoms with van der Waals surface area (Å²) in [4.78, 5) is 0. The van der Waals surface area contributed by atoms with E-state index in [4.69, 9.17) is 19.9 Å². The van der Waals surface area contributed by atoms with E-state index in [1.165, 1.54) is 11.1 Å². The summed E-state index contributed by atoms with van der Waals surface area (Å²) in [6.45, 7) is 6.94. The minimum Gasteiger partial charge on any atom is -0.492 e. The number of methoxy groups -OCH3 is 1. The topological polar surface area (TPSA) is 53.7 Å². The Morgan fingerprint density at radius 3 is 2.35 bits per heavy atom. The quantitative estimate of drug-likeness (QED) is 0.922. The number of hydrogen-bond donors (Lipinski definition) is 1. The molecular formula is C16H23NO3. The average Bonchev–Trinajstić information content (AvgIpc) is 2.96. The summed E-state index contributed by atoms with van der Waals surface area (Å²) >= 11 is 0. The summed E-state index contributed by atoms with van der Waals surface area (Å²) in [5.41, 5.74) is 9.50. The third-order valence-electron chi connectivity index (χ3n) is 4.27. The van der Waals surface area contributed by atoms with Crippen LogP contribution >= 0.6 is 0 Å². The lowest BCUT2D eigenvalue weighted by Gasteiger charge is -2.20. The van der Waals surface area contributed by atoms with E-state index in [9.17, 15) is 0 Å². The normalized spacial score (nSPS) is 24.6. The van der Waals surface area contributed by atoms with Gasteiger partial charge in [-0.25, -0.2) is 0 Å². The van der Waals surface area contributed by atoms with E-state index in [1.54, 1.807) is 7.11 Å². The van der Waals surface area contributed by atoms with Gasteiger partial charge in [0.05, 0.1) is 7.11 Å². The summed E-state index contributed by atoms with van der Waals surface area (Å²) in [5.74, 6) is 3.02. The van der Waals surface area contributed by atoms with Gasteiger partial charge in [0.25, 0.3) is 0 Å². The molecule has 1 aromatic carbocycles. The second-order valence-electron chi connectivity index (χ2n) is 5.96. The monoisotopic (exact) mass is 277 g/mol. The van der Waals surface area contributed by atoms with E-state index in [-0.39, 0.29) is 18.1 Å². The van der Waals surface area contributed by atoms with Gasteiger partial charge in [-0.15, -0.1) is 0 Å². The lowest BCUT2D eigenvalue weighted by molar-refractivity contribution is 0.242. The number of hydrogen-bond acceptors (Lipinski definition) is 4. The highest BCUT2D eigenvalue weighted by atomic mass is 16.5. The lowest BCUT2D eigenvalue weighted by Crippen LogP contribution is -2.13. The third kappa shape index (κ3) is 1.85. The zero-order chi connectivity index (χ0) is 14.4. The maximum atomic E-state index is 6.07. The number of ether oxygens (including phenoxy) is 3. The third-order valence-corrected chi connectivity index (χ3v) is 4.27. The van der Waals surface area contributed by atoms with Crippen LogP contribution in [0.3, 0.4) is 0 Å². The van der Waals surface area contributed by atoms with Crippen LogP contribution in [0.2, 0.25) is 0 Å². The maximum Gasteiger partial charge on any atom is 0.168 e. The summed E-state index contributed by atoms with van der Waals surface area (Å²) in [5, 5.41) is 0. The summed E-state index contributed by atoms with van der Waals surface area (Å²) < 4.78 is 17.7. The molecule has 0 bridgehead atoms. The molecule has 3 atom stereocenters. The van der Waals surface area contributed by atoms with Gasteiger partial charge in [-0.1, -0.05) is 6.92 Å². The van der Waals surface area contributed by atoms with Crippen molar-refractivity contribution in [1.82, 2.24) is 0 Å². The van der Waals surface area contributed by atoms with Crippen molar-refractivity contribution >= 4 is 0 Å². The summed E-state index contributed by atoms with van der Waals surface area (Å²) in [6.07, 6.45) is 2.13. The maximum absolute atomic E-state index is 6.07. The molecule has 3 unspecified atom stereocenters. The van der Waals surface area contributed by atoms with Crippen molar-refractivity contribution in [3.63, 3.8) is 0 Å². The van der Waals surface area contributed by atoms with Crippen molar-refractivity contribution in [1.29, 1.82) is 0 Å². The van der Waals surface area contributed by atoms with Gasteiger partial charge >= 0.3 is 0 Å². The molecule has 0 amide bonds. The molecule has 0 fully saturated rings. The molecule has 1 aromatic rings. The number of benzene rings is 1. The van der Waals surface area contributed by atoms with Gasteiger partial charge in [0.1, 0.15) is 18.0 Å². The lowest BCUT2D eigenvalue weighted by atomic mass is 9.89. The summed E-state index contributed by atoms with van der Waals surface area (Å²) in [7, 11) is 1.71. The van der Waals surface area contributed by atoms with E-state index in [1.807, 2.05) is 0 Å². The largest absolute Gasteiger partial charge is 0.492 e. The second-order valence-corrected chi connectivity index (χ2v) is 5.96. The number of nitrogens with two attached hydrogens (primary N) is 1. The van der Waals surface area contributed by atoms with Crippen LogP contribution in [0.5, 0.6) is 17.2 Å². The molecule has 0 aliphatic carbocycles. The summed E-state index contributed by atoms with van der Waals surface area (Å²) in [6, 6.07) is 0. The van der Waals surface area contributed by atoms with Crippen LogP contribution < -0.4 is 19.9 Å². The van der Waals surface area contributed by atoms with Crippen molar-refractivity contribution in [2.24, 2.45) is 5.73 Å². The molecule has 2 heterocycles. The Morgan fingerprint density at radius 2 is 1.75 bits per heavy atom. The van der Waals surface area contributed by atoms with Gasteiger partial charge in [0.15, 0.2) is 11.5 Å². The predicted molar refractivity (Wildman–Crippen MR) is 78.1 cm³/mol. The molecule has 2 N–H and O–H groups in total. The van der Waals surface area contributed by atoms with E-state index in [0.29, 0.717) is 6.54 Å². The van der Waals surface area contributed by atoms with Crippen molar-refractivity contribution in [3.05, 3.63) is 16.7 Å². The molecular weight excluding hydrogens is 254 g/mol. The van der Waals surface area contributed by atoms with Crippen molar-refractivity contribution in [3.8, 4) is 17.2 Å². The molecule has 4 nitrogen and oxygen atoms in total. The van der Waals surface area contributed by atoms with E-state index in [2.05, 4.69) is 20.8 Å². The van der Waals surface area contributed by atoms with Crippen molar-refractivity contribution in [2.75, 3.05) is 13.7 Å². The highest BCUT2D eigenvalue weighted by molar-refractivity contribution is 5.67. The van der Waals surface area contributed by atoms with E-state index in [0.717, 1.165) is 35.7 Å². The van der Waals surface area contributed by atoms with Crippen LogP contribution in [0.1, 0.15) is 43.4 Å². The molecule has 2 aliphatic heterocycles. The zero-order valence-corrected chi connectivity index (χ0v) is 12.7. The van der Waals surface area contributed by atoms with Crippen molar-refractivity contribution in [2.45, 2.75) is 51.7 Å². The van der Waals surface area contributed by atoms with Crippen molar-refractivity contribution < 1.29 is 14.2 Å². The first-order valence-electron chi connectivity index (χ1n) is 7.35. The van der Waals surface area contributed by atoms with Crippen LogP contribution in [-0.4, -0.2) is 25.9 Å². The van der Waals surface area contributed by atoms with Crippen LogP contribution in [0, 0.1) is 0 Å². The fourth-order valence-electron chi connectivity index (χ4n) is 3.36. The Morgan fingerprint density at radius 1 is 1.15 bits per heavy atom. The standard InChI is InChI=1S/C16H23NO3/c1-8(7-17)13-11-5-9(2)20-16(11)15(18-4)12-6-10(3)19-14(12)13/h8-10H,5-7,17H2,1-4H3. The molecule has 2 aliphatic rings. The molecule has 0 spiro atoms. The Labute approximate surface area is 120 Å². The smallest absolute Gasteiger partial charge is 0.168 e. The first-order chi connectivity index (χ1) is 9.56. The minimum atomic E-state index is 0.183. The van der Waals surface area contributed by atoms with Gasteiger partial charge in [-0.05, 0) is 26.3 Å². The van der Waals surface area contributed by atoms with Crippen LogP contribution in [0.4, 0.5) is 0 Å². The Bertz CT molecular complexity index is 502. The first-order valence-corrected chi connectivity index (χ1v) is 7.35. The van der Waals surface area contributed by atoms with Crippen LogP contribution in [-0.2, 0) is 12.8 Å².